The van der Waals surface area contributed by atoms with Gasteiger partial charge in [-0.25, -0.2) is 0 Å². The smallest absolute Gasteiger partial charge is 0.321 e. The van der Waals surface area contributed by atoms with Crippen molar-refractivity contribution in [1.29, 1.82) is 0 Å². The fourth-order valence-corrected chi connectivity index (χ4v) is 3.25. The molecule has 3 heterocycles. The van der Waals surface area contributed by atoms with Crippen LogP contribution in [0.25, 0.3) is 10.8 Å². The number of nitrogens with zero attached hydrogens (tertiary/aromatic N) is 3. The fourth-order valence-electron chi connectivity index (χ4n) is 2.60. The van der Waals surface area contributed by atoms with Gasteiger partial charge >= 0.3 is 5.97 Å². The van der Waals surface area contributed by atoms with Crippen LogP contribution >= 0.6 is 11.3 Å². The molecule has 2 aromatic rings. The summed E-state index contributed by atoms with van der Waals surface area (Å²) in [5.74, 6) is 0.399. The Morgan fingerprint density at radius 1 is 1.65 bits per heavy atom. The molecule has 6 nitrogen and oxygen atoms in total. The molecule has 0 spiro atoms. The summed E-state index contributed by atoms with van der Waals surface area (Å²) in [6.45, 7) is 3.13. The van der Waals surface area contributed by atoms with Crippen LogP contribution in [0.3, 0.4) is 0 Å². The third-order valence-electron chi connectivity index (χ3n) is 3.60. The van der Waals surface area contributed by atoms with Gasteiger partial charge in [-0.1, -0.05) is 18.1 Å². The van der Waals surface area contributed by atoms with Crippen molar-refractivity contribution in [1.82, 2.24) is 15.0 Å². The lowest BCUT2D eigenvalue weighted by Crippen LogP contribution is -2.38. The maximum Gasteiger partial charge on any atom is 0.321 e. The predicted molar refractivity (Wildman–Crippen MR) is 73.2 cm³/mol. The third kappa shape index (κ3) is 2.46. The summed E-state index contributed by atoms with van der Waals surface area (Å²) >= 11 is 1.53. The van der Waals surface area contributed by atoms with Crippen LogP contribution in [-0.4, -0.2) is 38.7 Å². The summed E-state index contributed by atoms with van der Waals surface area (Å²) in [6.07, 6.45) is 0.882. The second-order valence-electron chi connectivity index (χ2n) is 5.01. The molecule has 1 saturated heterocycles. The zero-order chi connectivity index (χ0) is 14.1. The molecule has 106 valence electrons. The molecule has 1 fully saturated rings. The first-order valence-corrected chi connectivity index (χ1v) is 7.36. The van der Waals surface area contributed by atoms with E-state index in [1.165, 1.54) is 11.3 Å². The van der Waals surface area contributed by atoms with E-state index in [2.05, 4.69) is 10.1 Å². The van der Waals surface area contributed by atoms with Crippen molar-refractivity contribution in [3.8, 4) is 10.8 Å². The third-order valence-corrected chi connectivity index (χ3v) is 4.46. The summed E-state index contributed by atoms with van der Waals surface area (Å²) in [6, 6.07) is 3.38. The van der Waals surface area contributed by atoms with E-state index in [1.807, 2.05) is 29.3 Å². The molecule has 0 amide bonds. The molecular weight excluding hydrogens is 278 g/mol. The predicted octanol–water partition coefficient (Wildman–Crippen LogP) is 2.09. The van der Waals surface area contributed by atoms with Gasteiger partial charge in [0.25, 0.3) is 5.89 Å². The Morgan fingerprint density at radius 3 is 3.20 bits per heavy atom. The minimum atomic E-state index is -0.781. The van der Waals surface area contributed by atoms with Crippen LogP contribution in [0, 0.1) is 5.92 Å². The number of hydrogen-bond donors (Lipinski definition) is 1. The summed E-state index contributed by atoms with van der Waals surface area (Å²) in [4.78, 5) is 18.5. The van der Waals surface area contributed by atoms with E-state index in [-0.39, 0.29) is 5.92 Å². The molecule has 2 unspecified atom stereocenters. The molecule has 3 rings (SSSR count). The number of carboxylic acids is 1. The van der Waals surface area contributed by atoms with Gasteiger partial charge in [-0.05, 0) is 30.3 Å². The summed E-state index contributed by atoms with van der Waals surface area (Å²) in [7, 11) is 0. The molecule has 0 saturated carbocycles. The van der Waals surface area contributed by atoms with E-state index in [0.29, 0.717) is 18.3 Å². The van der Waals surface area contributed by atoms with Crippen molar-refractivity contribution in [2.45, 2.75) is 25.9 Å². The Bertz CT molecular complexity index is 596. The normalized spacial score (nSPS) is 23.2. The highest BCUT2D eigenvalue weighted by Crippen LogP contribution is 2.27. The van der Waals surface area contributed by atoms with Gasteiger partial charge in [0, 0.05) is 0 Å². The maximum atomic E-state index is 11.3. The largest absolute Gasteiger partial charge is 0.480 e. The number of likely N-dealkylation sites (tertiary alicyclic amines) is 1. The van der Waals surface area contributed by atoms with Gasteiger partial charge < -0.3 is 9.63 Å². The average molecular weight is 293 g/mol. The molecular formula is C13H15N3O3S. The Morgan fingerprint density at radius 2 is 2.50 bits per heavy atom. The highest BCUT2D eigenvalue weighted by atomic mass is 32.1. The first-order valence-electron chi connectivity index (χ1n) is 6.48. The van der Waals surface area contributed by atoms with Gasteiger partial charge in [-0.2, -0.15) is 4.98 Å². The van der Waals surface area contributed by atoms with Gasteiger partial charge in [0.15, 0.2) is 5.82 Å². The molecule has 2 aromatic heterocycles. The zero-order valence-electron chi connectivity index (χ0n) is 11.0. The molecule has 0 aromatic carbocycles. The van der Waals surface area contributed by atoms with Crippen LogP contribution in [0.4, 0.5) is 0 Å². The minimum absolute atomic E-state index is 0.149. The van der Waals surface area contributed by atoms with Crippen molar-refractivity contribution < 1.29 is 14.4 Å². The second-order valence-corrected chi connectivity index (χ2v) is 5.96. The number of thiophene rings is 1. The van der Waals surface area contributed by atoms with E-state index in [9.17, 15) is 9.90 Å². The lowest BCUT2D eigenvalue weighted by Gasteiger charge is -2.21. The lowest BCUT2D eigenvalue weighted by atomic mass is 10.0. The van der Waals surface area contributed by atoms with Crippen molar-refractivity contribution in [3.05, 3.63) is 23.3 Å². The molecule has 1 N–H and O–H groups in total. The van der Waals surface area contributed by atoms with Crippen molar-refractivity contribution in [2.24, 2.45) is 5.92 Å². The van der Waals surface area contributed by atoms with Gasteiger partial charge in [0.05, 0.1) is 11.4 Å². The van der Waals surface area contributed by atoms with E-state index in [0.717, 1.165) is 17.8 Å². The lowest BCUT2D eigenvalue weighted by molar-refractivity contribution is -0.143. The molecule has 1 aliphatic heterocycles. The second kappa shape index (κ2) is 5.34. The van der Waals surface area contributed by atoms with E-state index < -0.39 is 12.0 Å². The van der Waals surface area contributed by atoms with E-state index >= 15 is 0 Å². The first kappa shape index (κ1) is 13.3. The summed E-state index contributed by atoms with van der Waals surface area (Å²) in [5, 5.41) is 15.2. The number of rotatable bonds is 4. The van der Waals surface area contributed by atoms with Crippen LogP contribution in [0.15, 0.2) is 22.0 Å². The molecule has 0 aliphatic carbocycles. The first-order chi connectivity index (χ1) is 9.65. The Hall–Kier alpha value is -1.73. The van der Waals surface area contributed by atoms with Crippen LogP contribution in [0.5, 0.6) is 0 Å². The highest BCUT2D eigenvalue weighted by Gasteiger charge is 2.37. The van der Waals surface area contributed by atoms with Crippen LogP contribution in [-0.2, 0) is 11.3 Å². The molecule has 0 bridgehead atoms. The molecule has 20 heavy (non-hydrogen) atoms. The van der Waals surface area contributed by atoms with Gasteiger partial charge in [0.2, 0.25) is 0 Å². The number of aromatic nitrogens is 2. The highest BCUT2D eigenvalue weighted by molar-refractivity contribution is 7.13. The van der Waals surface area contributed by atoms with Crippen molar-refractivity contribution in [2.75, 3.05) is 6.54 Å². The quantitative estimate of drug-likeness (QED) is 0.930. The standard InChI is InChI=1S/C13H15N3O3S/c1-8-4-5-16(11(8)13(17)18)7-10-14-12(19-15-10)9-3-2-6-20-9/h2-3,6,8,11H,4-5,7H2,1H3,(H,17,18). The van der Waals surface area contributed by atoms with Crippen LogP contribution < -0.4 is 0 Å². The molecule has 2 atom stereocenters. The molecule has 7 heteroatoms. The number of carboxylic acid groups (broad SMARTS) is 1. The maximum absolute atomic E-state index is 11.3. The zero-order valence-corrected chi connectivity index (χ0v) is 11.8. The average Bonchev–Trinajstić information content (AvgIpc) is 3.10. The van der Waals surface area contributed by atoms with Gasteiger partial charge in [-0.3, -0.25) is 9.69 Å². The van der Waals surface area contributed by atoms with E-state index in [4.69, 9.17) is 4.52 Å². The Labute approximate surface area is 120 Å². The Balaban J connectivity index is 1.74. The summed E-state index contributed by atoms with van der Waals surface area (Å²) in [5.41, 5.74) is 0. The fraction of sp³-hybridized carbons (Fsp3) is 0.462. The SMILES string of the molecule is CC1CCN(Cc2noc(-c3cccs3)n2)C1C(=O)O. The van der Waals surface area contributed by atoms with Crippen LogP contribution in [0.2, 0.25) is 0 Å². The number of carbonyl (C=O) groups is 1. The van der Waals surface area contributed by atoms with Crippen molar-refractivity contribution in [3.63, 3.8) is 0 Å². The Kier molecular flexibility index (Phi) is 3.54. The topological polar surface area (TPSA) is 79.5 Å². The van der Waals surface area contributed by atoms with Gasteiger partial charge in [0.1, 0.15) is 6.04 Å². The number of hydrogen-bond acceptors (Lipinski definition) is 6. The molecule has 1 aliphatic rings. The number of aliphatic carboxylic acids is 1. The van der Waals surface area contributed by atoms with E-state index in [1.54, 1.807) is 0 Å². The van der Waals surface area contributed by atoms with Crippen molar-refractivity contribution >= 4 is 17.3 Å². The summed E-state index contributed by atoms with van der Waals surface area (Å²) < 4.78 is 5.22. The minimum Gasteiger partial charge on any atom is -0.480 e. The monoisotopic (exact) mass is 293 g/mol. The van der Waals surface area contributed by atoms with Gasteiger partial charge in [-0.15, -0.1) is 11.3 Å². The molecule has 0 radical (unpaired) electrons. The van der Waals surface area contributed by atoms with Crippen LogP contribution in [0.1, 0.15) is 19.2 Å².